The van der Waals surface area contributed by atoms with Crippen LogP contribution in [-0.2, 0) is 0 Å². The third kappa shape index (κ3) is 1.00. The zero-order valence-corrected chi connectivity index (χ0v) is 6.22. The first kappa shape index (κ1) is 6.77. The maximum atomic E-state index is 5.21. The van der Waals surface area contributed by atoms with Crippen LogP contribution in [0.15, 0.2) is 14.6 Å². The van der Waals surface area contributed by atoms with Crippen LogP contribution in [0.1, 0.15) is 12.8 Å². The number of nitrogen functional groups attached to an aromatic ring is 1. The van der Waals surface area contributed by atoms with E-state index in [9.17, 15) is 0 Å². The van der Waals surface area contributed by atoms with Crippen LogP contribution >= 0.6 is 0 Å². The molecule has 7 nitrogen and oxygen atoms in total. The smallest absolute Gasteiger partial charge is 0.313 e. The molecule has 0 atom stereocenters. The van der Waals surface area contributed by atoms with Gasteiger partial charge in [0.05, 0.1) is 0 Å². The number of nitrogens with two attached hydrogens (primary N) is 1. The minimum Gasteiger partial charge on any atom is -0.400 e. The molecule has 0 bridgehead atoms. The van der Waals surface area contributed by atoms with Crippen LogP contribution in [0.3, 0.4) is 0 Å². The molecule has 0 amide bonds. The van der Waals surface area contributed by atoms with E-state index < -0.39 is 0 Å². The molecule has 61 valence electrons. The molecular weight excluding hydrogens is 160 g/mol. The van der Waals surface area contributed by atoms with E-state index in [0.29, 0.717) is 11.7 Å². The van der Waals surface area contributed by atoms with Crippen LogP contribution in [0.2, 0.25) is 0 Å². The van der Waals surface area contributed by atoms with Crippen molar-refractivity contribution in [2.45, 2.75) is 6.92 Å². The molecule has 0 spiro atoms. The molecule has 0 fully saturated rings. The second-order valence-corrected chi connectivity index (χ2v) is 2.13. The van der Waals surface area contributed by atoms with Crippen molar-refractivity contribution in [1.82, 2.24) is 15.5 Å². The molecule has 1 aliphatic heterocycles. The van der Waals surface area contributed by atoms with E-state index >= 15 is 0 Å². The van der Waals surface area contributed by atoms with Crippen LogP contribution in [-0.4, -0.2) is 21.9 Å². The van der Waals surface area contributed by atoms with Gasteiger partial charge in [-0.1, -0.05) is 5.10 Å². The van der Waals surface area contributed by atoms with Gasteiger partial charge in [-0.05, 0) is 6.92 Å². The summed E-state index contributed by atoms with van der Waals surface area (Å²) in [6.45, 7) is 1.72. The van der Waals surface area contributed by atoms with E-state index in [4.69, 9.17) is 10.2 Å². The lowest BCUT2D eigenvalue weighted by Gasteiger charge is -1.89. The van der Waals surface area contributed by atoms with E-state index in [1.807, 2.05) is 0 Å². The van der Waals surface area contributed by atoms with Crippen molar-refractivity contribution in [2.75, 3.05) is 5.73 Å². The molecule has 1 aliphatic rings. The third-order valence-electron chi connectivity index (χ3n) is 1.19. The van der Waals surface area contributed by atoms with Crippen molar-refractivity contribution in [3.8, 4) is 0 Å². The summed E-state index contributed by atoms with van der Waals surface area (Å²) in [5, 5.41) is 18.3. The first-order valence-corrected chi connectivity index (χ1v) is 3.19. The molecule has 0 unspecified atom stereocenters. The van der Waals surface area contributed by atoms with Crippen molar-refractivity contribution in [3.05, 3.63) is 5.89 Å². The minimum absolute atomic E-state index is 0.00699. The van der Waals surface area contributed by atoms with Gasteiger partial charge in [0.2, 0.25) is 5.84 Å². The summed E-state index contributed by atoms with van der Waals surface area (Å²) in [4.78, 5) is 0. The van der Waals surface area contributed by atoms with Crippen LogP contribution < -0.4 is 11.1 Å². The normalized spacial score (nSPS) is 15.4. The van der Waals surface area contributed by atoms with Gasteiger partial charge in [-0.2, -0.15) is 0 Å². The lowest BCUT2D eigenvalue weighted by Crippen LogP contribution is -2.16. The molecule has 0 aromatic carbocycles. The third-order valence-corrected chi connectivity index (χ3v) is 1.19. The monoisotopic (exact) mass is 165 g/mol. The highest BCUT2D eigenvalue weighted by Crippen LogP contribution is 2.04. The maximum absolute atomic E-state index is 5.21. The number of aromatic nitrogens is 2. The minimum atomic E-state index is -0.00699. The topological polar surface area (TPSA) is 104 Å². The average molecular weight is 165 g/mol. The molecular formula is C5H5N6O. The Balaban J connectivity index is 2.24. The van der Waals surface area contributed by atoms with Gasteiger partial charge < -0.3 is 10.2 Å². The highest BCUT2D eigenvalue weighted by molar-refractivity contribution is 6.08. The SMILES string of the molecule is CC1=NN=C(c2nnc(N)o2)[N]1. The van der Waals surface area contributed by atoms with Crippen molar-refractivity contribution < 1.29 is 4.42 Å². The Morgan fingerprint density at radius 3 is 2.58 bits per heavy atom. The summed E-state index contributed by atoms with van der Waals surface area (Å²) in [6.07, 6.45) is 0. The molecule has 2 heterocycles. The summed E-state index contributed by atoms with van der Waals surface area (Å²) in [5.41, 5.74) is 5.21. The van der Waals surface area contributed by atoms with Crippen LogP contribution in [0.5, 0.6) is 0 Å². The summed E-state index contributed by atoms with van der Waals surface area (Å²) in [6, 6.07) is -0.00699. The van der Waals surface area contributed by atoms with E-state index in [1.165, 1.54) is 0 Å². The second kappa shape index (κ2) is 2.29. The molecule has 0 aliphatic carbocycles. The largest absolute Gasteiger partial charge is 0.400 e. The van der Waals surface area contributed by atoms with Crippen molar-refractivity contribution >= 4 is 17.7 Å². The van der Waals surface area contributed by atoms with Crippen LogP contribution in [0.25, 0.3) is 0 Å². The highest BCUT2D eigenvalue weighted by Gasteiger charge is 2.17. The number of amidine groups is 2. The Morgan fingerprint density at radius 2 is 2.08 bits per heavy atom. The van der Waals surface area contributed by atoms with Gasteiger partial charge in [0.1, 0.15) is 0 Å². The number of hydrogen-bond acceptors (Lipinski definition) is 6. The predicted molar refractivity (Wildman–Crippen MR) is 40.5 cm³/mol. The zero-order valence-electron chi connectivity index (χ0n) is 6.22. The number of nitrogens with zero attached hydrogens (tertiary/aromatic N) is 5. The maximum Gasteiger partial charge on any atom is 0.313 e. The quantitative estimate of drug-likeness (QED) is 0.596. The molecule has 1 aromatic heterocycles. The zero-order chi connectivity index (χ0) is 8.55. The van der Waals surface area contributed by atoms with Gasteiger partial charge in [-0.15, -0.1) is 15.3 Å². The summed E-state index contributed by atoms with van der Waals surface area (Å²) in [5.74, 6) is 1.05. The lowest BCUT2D eigenvalue weighted by atomic mass is 10.5. The molecule has 12 heavy (non-hydrogen) atoms. The highest BCUT2D eigenvalue weighted by atomic mass is 16.4. The van der Waals surface area contributed by atoms with Gasteiger partial charge in [0.15, 0.2) is 5.84 Å². The predicted octanol–water partition coefficient (Wildman–Crippen LogP) is -0.650. The standard InChI is InChI=1S/C5H5N6O/c1-2-7-3(9-8-2)4-10-11-5(6)12-4/h1H3,(H2,6,11). The van der Waals surface area contributed by atoms with E-state index in [-0.39, 0.29) is 11.9 Å². The van der Waals surface area contributed by atoms with Gasteiger partial charge in [0, 0.05) is 0 Å². The van der Waals surface area contributed by atoms with Crippen LogP contribution in [0.4, 0.5) is 6.01 Å². The van der Waals surface area contributed by atoms with Crippen molar-refractivity contribution in [1.29, 1.82) is 0 Å². The summed E-state index contributed by atoms with van der Waals surface area (Å²) >= 11 is 0. The molecule has 0 saturated heterocycles. The number of anilines is 1. The summed E-state index contributed by atoms with van der Waals surface area (Å²) < 4.78 is 4.87. The molecule has 0 saturated carbocycles. The Morgan fingerprint density at radius 1 is 1.25 bits per heavy atom. The van der Waals surface area contributed by atoms with Crippen molar-refractivity contribution in [3.63, 3.8) is 0 Å². The van der Waals surface area contributed by atoms with E-state index in [2.05, 4.69) is 25.7 Å². The van der Waals surface area contributed by atoms with Gasteiger partial charge in [0.25, 0.3) is 5.89 Å². The molecule has 1 aromatic rings. The Labute approximate surface area is 67.4 Å². The van der Waals surface area contributed by atoms with Crippen LogP contribution in [0, 0.1) is 0 Å². The Bertz CT molecular complexity index is 364. The summed E-state index contributed by atoms with van der Waals surface area (Å²) in [7, 11) is 0. The van der Waals surface area contributed by atoms with Gasteiger partial charge in [-0.25, -0.2) is 5.32 Å². The molecule has 7 heteroatoms. The van der Waals surface area contributed by atoms with E-state index in [0.717, 1.165) is 0 Å². The van der Waals surface area contributed by atoms with Crippen molar-refractivity contribution in [2.24, 2.45) is 10.2 Å². The number of hydrogen-bond donors (Lipinski definition) is 1. The second-order valence-electron chi connectivity index (χ2n) is 2.13. The Kier molecular flexibility index (Phi) is 1.29. The first-order valence-electron chi connectivity index (χ1n) is 3.19. The number of rotatable bonds is 1. The lowest BCUT2D eigenvalue weighted by molar-refractivity contribution is 0.561. The van der Waals surface area contributed by atoms with Gasteiger partial charge in [-0.3, -0.25) is 0 Å². The van der Waals surface area contributed by atoms with E-state index in [1.54, 1.807) is 6.92 Å². The molecule has 2 rings (SSSR count). The fourth-order valence-corrected chi connectivity index (χ4v) is 0.733. The van der Waals surface area contributed by atoms with Gasteiger partial charge >= 0.3 is 6.01 Å². The molecule has 1 radical (unpaired) electrons. The fourth-order valence-electron chi connectivity index (χ4n) is 0.733. The fraction of sp³-hybridized carbons (Fsp3) is 0.200. The molecule has 2 N–H and O–H groups in total. The average Bonchev–Trinajstić information content (AvgIpc) is 2.58. The first-order chi connectivity index (χ1) is 5.75. The Hall–Kier alpha value is -1.92.